The standard InChI is InChI=1S/C55H83N3O8/c1-5-7-9-11-13-15-17-19-21-23-25-27-29-40-52(59)63-42-46-34-31-36-48(56-46)44(3)65-54(61)50-38-33-39-51(58-50)55(62)66-45(4)49-37-32-35-47(57-49)43-64-53(60)41-30-28-26-24-22-20-18-16-14-12-10-8-6-2/h31-39,44-45H,5-30,40-43H2,1-4H3/t44-,45-/m0/s1. The second-order valence-electron chi connectivity index (χ2n) is 17.9. The Labute approximate surface area is 397 Å². The zero-order chi connectivity index (χ0) is 47.5. The maximum Gasteiger partial charge on any atom is 0.357 e. The zero-order valence-corrected chi connectivity index (χ0v) is 41.2. The summed E-state index contributed by atoms with van der Waals surface area (Å²) in [6, 6.07) is 15.0. The number of pyridine rings is 3. The average Bonchev–Trinajstić information content (AvgIpc) is 3.33. The number of aromatic nitrogens is 3. The van der Waals surface area contributed by atoms with Crippen LogP contribution in [0.15, 0.2) is 54.6 Å². The van der Waals surface area contributed by atoms with Crippen LogP contribution in [-0.4, -0.2) is 38.8 Å². The molecule has 11 nitrogen and oxygen atoms in total. The molecule has 3 heterocycles. The van der Waals surface area contributed by atoms with Crippen molar-refractivity contribution in [3.8, 4) is 0 Å². The summed E-state index contributed by atoms with van der Waals surface area (Å²) in [6.07, 6.45) is 31.7. The van der Waals surface area contributed by atoms with Crippen molar-refractivity contribution < 1.29 is 38.1 Å². The number of carbonyl (C=O) groups excluding carboxylic acids is 4. The summed E-state index contributed by atoms with van der Waals surface area (Å²) in [6.45, 7) is 7.94. The Morgan fingerprint density at radius 2 is 0.712 bits per heavy atom. The predicted octanol–water partition coefficient (Wildman–Crippen LogP) is 14.8. The van der Waals surface area contributed by atoms with E-state index in [1.54, 1.807) is 50.2 Å². The Bertz CT molecular complexity index is 1680. The lowest BCUT2D eigenvalue weighted by atomic mass is 10.0. The maximum atomic E-state index is 13.1. The predicted molar refractivity (Wildman–Crippen MR) is 261 cm³/mol. The van der Waals surface area contributed by atoms with Crippen LogP contribution in [0.3, 0.4) is 0 Å². The van der Waals surface area contributed by atoms with Gasteiger partial charge in [-0.1, -0.05) is 186 Å². The lowest BCUT2D eigenvalue weighted by Crippen LogP contribution is -2.16. The lowest BCUT2D eigenvalue weighted by Gasteiger charge is -2.15. The van der Waals surface area contributed by atoms with Crippen LogP contribution in [0.25, 0.3) is 0 Å². The normalized spacial score (nSPS) is 12.1. The molecule has 11 heteroatoms. The third kappa shape index (κ3) is 25.3. The number of hydrogen-bond acceptors (Lipinski definition) is 11. The summed E-state index contributed by atoms with van der Waals surface area (Å²) < 4.78 is 22.3. The highest BCUT2D eigenvalue weighted by atomic mass is 16.6. The molecule has 2 atom stereocenters. The fourth-order valence-electron chi connectivity index (χ4n) is 7.86. The Morgan fingerprint density at radius 3 is 1.05 bits per heavy atom. The molecule has 0 saturated heterocycles. The van der Waals surface area contributed by atoms with Gasteiger partial charge in [-0.3, -0.25) is 19.6 Å². The first-order valence-corrected chi connectivity index (χ1v) is 25.8. The van der Waals surface area contributed by atoms with Gasteiger partial charge in [0.1, 0.15) is 36.8 Å². The molecule has 0 unspecified atom stereocenters. The average molecular weight is 914 g/mol. The van der Waals surface area contributed by atoms with Gasteiger partial charge in [0, 0.05) is 12.8 Å². The van der Waals surface area contributed by atoms with Gasteiger partial charge >= 0.3 is 23.9 Å². The summed E-state index contributed by atoms with van der Waals surface area (Å²) in [5.41, 5.74) is 1.93. The minimum atomic E-state index is -0.742. The summed E-state index contributed by atoms with van der Waals surface area (Å²) in [4.78, 5) is 64.5. The minimum absolute atomic E-state index is 0.0305. The van der Waals surface area contributed by atoms with E-state index in [0.29, 0.717) is 35.6 Å². The molecule has 3 rings (SSSR count). The highest BCUT2D eigenvalue weighted by Gasteiger charge is 2.21. The number of unbranched alkanes of at least 4 members (excludes halogenated alkanes) is 24. The molecule has 0 fully saturated rings. The van der Waals surface area contributed by atoms with E-state index in [1.807, 2.05) is 0 Å². The molecule has 0 N–H and O–H groups in total. The number of esters is 4. The van der Waals surface area contributed by atoms with Crippen molar-refractivity contribution in [2.24, 2.45) is 0 Å². The Balaban J connectivity index is 1.32. The number of carbonyl (C=O) groups is 4. The Hall–Kier alpha value is -4.67. The molecule has 0 aromatic carbocycles. The van der Waals surface area contributed by atoms with Crippen LogP contribution in [0.5, 0.6) is 0 Å². The van der Waals surface area contributed by atoms with E-state index in [1.165, 1.54) is 147 Å². The molecule has 3 aromatic rings. The topological polar surface area (TPSA) is 144 Å². The summed E-state index contributed by atoms with van der Waals surface area (Å²) >= 11 is 0. The highest BCUT2D eigenvalue weighted by molar-refractivity contribution is 5.91. The largest absolute Gasteiger partial charge is 0.459 e. The van der Waals surface area contributed by atoms with E-state index in [4.69, 9.17) is 18.9 Å². The first kappa shape index (κ1) is 55.7. The van der Waals surface area contributed by atoms with E-state index >= 15 is 0 Å². The van der Waals surface area contributed by atoms with Crippen molar-refractivity contribution in [1.82, 2.24) is 15.0 Å². The molecule has 0 aliphatic heterocycles. The molecular formula is C55H83N3O8. The van der Waals surface area contributed by atoms with Gasteiger partial charge in [0.15, 0.2) is 0 Å². The van der Waals surface area contributed by atoms with Crippen molar-refractivity contribution >= 4 is 23.9 Å². The molecule has 0 aliphatic carbocycles. The SMILES string of the molecule is CCCCCCCCCCCCCCCC(=O)OCc1cccc([C@H](C)OC(=O)c2cccc(C(=O)O[C@@H](C)c3cccc(COC(=O)CCCCCCCCCCCCCCC)n3)n2)n1. The Kier molecular flexibility index (Phi) is 29.9. The van der Waals surface area contributed by atoms with E-state index in [0.717, 1.165) is 38.5 Å². The second-order valence-corrected chi connectivity index (χ2v) is 17.9. The van der Waals surface area contributed by atoms with Crippen LogP contribution in [0, 0.1) is 0 Å². The van der Waals surface area contributed by atoms with E-state index < -0.39 is 24.1 Å². The second kappa shape index (κ2) is 35.5. The molecule has 0 spiro atoms. The van der Waals surface area contributed by atoms with E-state index in [9.17, 15) is 19.2 Å². The molecule has 0 bridgehead atoms. The van der Waals surface area contributed by atoms with Gasteiger partial charge in [-0.05, 0) is 63.1 Å². The summed E-state index contributed by atoms with van der Waals surface area (Å²) in [5, 5.41) is 0. The summed E-state index contributed by atoms with van der Waals surface area (Å²) in [7, 11) is 0. The van der Waals surface area contributed by atoms with Crippen molar-refractivity contribution in [1.29, 1.82) is 0 Å². The van der Waals surface area contributed by atoms with Gasteiger partial charge in [-0.15, -0.1) is 0 Å². The fraction of sp³-hybridized carbons (Fsp3) is 0.655. The molecule has 0 aliphatic rings. The van der Waals surface area contributed by atoms with Gasteiger partial charge in [0.25, 0.3) is 0 Å². The first-order chi connectivity index (χ1) is 32.2. The number of ether oxygens (including phenoxy) is 4. The van der Waals surface area contributed by atoms with Gasteiger partial charge in [0.05, 0.1) is 22.8 Å². The van der Waals surface area contributed by atoms with Crippen LogP contribution >= 0.6 is 0 Å². The van der Waals surface area contributed by atoms with Gasteiger partial charge < -0.3 is 18.9 Å². The minimum Gasteiger partial charge on any atom is -0.459 e. The van der Waals surface area contributed by atoms with Crippen molar-refractivity contribution in [2.75, 3.05) is 0 Å². The van der Waals surface area contributed by atoms with E-state index in [2.05, 4.69) is 28.8 Å². The van der Waals surface area contributed by atoms with Crippen molar-refractivity contribution in [2.45, 2.75) is 233 Å². The molecule has 0 radical (unpaired) electrons. The molecule has 366 valence electrons. The number of nitrogens with zero attached hydrogens (tertiary/aromatic N) is 3. The van der Waals surface area contributed by atoms with E-state index in [-0.39, 0.29) is 36.5 Å². The number of rotatable bonds is 38. The van der Waals surface area contributed by atoms with Gasteiger partial charge in [-0.25, -0.2) is 14.6 Å². The maximum absolute atomic E-state index is 13.1. The van der Waals surface area contributed by atoms with Crippen LogP contribution in [-0.2, 0) is 41.8 Å². The van der Waals surface area contributed by atoms with Crippen molar-refractivity contribution in [3.05, 3.63) is 88.8 Å². The molecule has 3 aromatic heterocycles. The van der Waals surface area contributed by atoms with Crippen LogP contribution in [0.2, 0.25) is 0 Å². The van der Waals surface area contributed by atoms with Crippen molar-refractivity contribution in [3.63, 3.8) is 0 Å². The Morgan fingerprint density at radius 1 is 0.409 bits per heavy atom. The smallest absolute Gasteiger partial charge is 0.357 e. The monoisotopic (exact) mass is 914 g/mol. The van der Waals surface area contributed by atoms with Crippen LogP contribution in [0.1, 0.15) is 263 Å². The molecule has 0 saturated carbocycles. The van der Waals surface area contributed by atoms with Crippen LogP contribution < -0.4 is 0 Å². The molecule has 66 heavy (non-hydrogen) atoms. The van der Waals surface area contributed by atoms with Gasteiger partial charge in [0.2, 0.25) is 0 Å². The molecule has 0 amide bonds. The molecular weight excluding hydrogens is 831 g/mol. The quantitative estimate of drug-likeness (QED) is 0.0308. The summed E-state index contributed by atoms with van der Waals surface area (Å²) in [5.74, 6) is -1.97. The zero-order valence-electron chi connectivity index (χ0n) is 41.2. The third-order valence-corrected chi connectivity index (χ3v) is 12.0. The van der Waals surface area contributed by atoms with Gasteiger partial charge in [-0.2, -0.15) is 0 Å². The third-order valence-electron chi connectivity index (χ3n) is 12.0. The fourth-order valence-corrected chi connectivity index (χ4v) is 7.86. The first-order valence-electron chi connectivity index (χ1n) is 25.8. The lowest BCUT2D eigenvalue weighted by molar-refractivity contribution is -0.146. The highest BCUT2D eigenvalue weighted by Crippen LogP contribution is 2.21. The van der Waals surface area contributed by atoms with Crippen LogP contribution in [0.4, 0.5) is 0 Å². The number of hydrogen-bond donors (Lipinski definition) is 0.